The Bertz CT molecular complexity index is 626. The van der Waals surface area contributed by atoms with Gasteiger partial charge in [-0.3, -0.25) is 0 Å². The molecule has 2 rings (SSSR count). The van der Waals surface area contributed by atoms with Gasteiger partial charge in [0.25, 0.3) is 0 Å². The second kappa shape index (κ2) is 8.68. The number of hydrogen-bond donors (Lipinski definition) is 2. The highest BCUT2D eigenvalue weighted by atomic mass is 16.5. The highest BCUT2D eigenvalue weighted by Crippen LogP contribution is 2.16. The first-order valence-corrected chi connectivity index (χ1v) is 7.52. The number of carbonyl (C=O) groups is 1. The minimum Gasteiger partial charge on any atom is -0.497 e. The Hall–Kier alpha value is -2.69. The Morgan fingerprint density at radius 2 is 1.70 bits per heavy atom. The van der Waals surface area contributed by atoms with Crippen molar-refractivity contribution in [3.63, 3.8) is 0 Å². The molecule has 0 aliphatic heterocycles. The van der Waals surface area contributed by atoms with Crippen LogP contribution in [0.2, 0.25) is 0 Å². The van der Waals surface area contributed by atoms with Crippen molar-refractivity contribution in [1.29, 1.82) is 0 Å². The number of amides is 2. The van der Waals surface area contributed by atoms with Gasteiger partial charge in [0, 0.05) is 6.54 Å². The van der Waals surface area contributed by atoms with Crippen molar-refractivity contribution in [3.05, 3.63) is 59.7 Å². The highest BCUT2D eigenvalue weighted by Gasteiger charge is 2.02. The quantitative estimate of drug-likeness (QED) is 0.773. The predicted octanol–water partition coefficient (Wildman–Crippen LogP) is 2.88. The van der Waals surface area contributed by atoms with E-state index in [0.717, 1.165) is 22.6 Å². The van der Waals surface area contributed by atoms with Crippen LogP contribution >= 0.6 is 0 Å². The van der Waals surface area contributed by atoms with Gasteiger partial charge in [-0.2, -0.15) is 0 Å². The summed E-state index contributed by atoms with van der Waals surface area (Å²) in [4.78, 5) is 11.7. The summed E-state index contributed by atoms with van der Waals surface area (Å²) in [6.07, 6.45) is 0. The first-order valence-electron chi connectivity index (χ1n) is 7.52. The van der Waals surface area contributed by atoms with Crippen LogP contribution in [0, 0.1) is 6.92 Å². The molecule has 23 heavy (non-hydrogen) atoms. The standard InChI is InChI=1S/C18H22N2O3/c1-14-5-3-4-6-15(14)13-20-18(21)19-11-12-23-17-9-7-16(22-2)8-10-17/h3-10H,11-13H2,1-2H3,(H2,19,20,21). The first-order chi connectivity index (χ1) is 11.2. The third kappa shape index (κ3) is 5.54. The Kier molecular flexibility index (Phi) is 6.29. The molecule has 5 nitrogen and oxygen atoms in total. The molecule has 0 aliphatic carbocycles. The number of methoxy groups -OCH3 is 1. The van der Waals surface area contributed by atoms with E-state index in [-0.39, 0.29) is 6.03 Å². The van der Waals surface area contributed by atoms with Crippen molar-refractivity contribution in [1.82, 2.24) is 10.6 Å². The number of nitrogens with one attached hydrogen (secondary N) is 2. The van der Waals surface area contributed by atoms with Gasteiger partial charge >= 0.3 is 6.03 Å². The van der Waals surface area contributed by atoms with E-state index in [9.17, 15) is 4.79 Å². The molecule has 5 heteroatoms. The number of hydrogen-bond acceptors (Lipinski definition) is 3. The maximum absolute atomic E-state index is 11.7. The van der Waals surface area contributed by atoms with Crippen molar-refractivity contribution in [3.8, 4) is 11.5 Å². The fraction of sp³-hybridized carbons (Fsp3) is 0.278. The maximum atomic E-state index is 11.7. The van der Waals surface area contributed by atoms with Crippen LogP contribution in [0.1, 0.15) is 11.1 Å². The number of carbonyl (C=O) groups excluding carboxylic acids is 1. The molecule has 0 unspecified atom stereocenters. The summed E-state index contributed by atoms with van der Waals surface area (Å²) in [5, 5.41) is 5.60. The lowest BCUT2D eigenvalue weighted by atomic mass is 10.1. The molecule has 2 N–H and O–H groups in total. The number of benzene rings is 2. The van der Waals surface area contributed by atoms with Crippen molar-refractivity contribution in [2.24, 2.45) is 0 Å². The molecular weight excluding hydrogens is 292 g/mol. The largest absolute Gasteiger partial charge is 0.497 e. The van der Waals surface area contributed by atoms with Crippen LogP contribution in [0.15, 0.2) is 48.5 Å². The minimum atomic E-state index is -0.202. The molecule has 0 saturated carbocycles. The zero-order valence-corrected chi connectivity index (χ0v) is 13.5. The Labute approximate surface area is 136 Å². The SMILES string of the molecule is COc1ccc(OCCNC(=O)NCc2ccccc2C)cc1. The first kappa shape index (κ1) is 16.7. The minimum absolute atomic E-state index is 0.202. The smallest absolute Gasteiger partial charge is 0.315 e. The predicted molar refractivity (Wildman–Crippen MR) is 89.9 cm³/mol. The summed E-state index contributed by atoms with van der Waals surface area (Å²) >= 11 is 0. The summed E-state index contributed by atoms with van der Waals surface area (Å²) in [6, 6.07) is 15.1. The summed E-state index contributed by atoms with van der Waals surface area (Å²) < 4.78 is 10.6. The second-order valence-corrected chi connectivity index (χ2v) is 5.06. The molecule has 0 aromatic heterocycles. The number of aryl methyl sites for hydroxylation is 1. The van der Waals surface area contributed by atoms with Crippen LogP contribution < -0.4 is 20.1 Å². The van der Waals surface area contributed by atoms with Gasteiger partial charge in [-0.05, 0) is 42.3 Å². The third-order valence-electron chi connectivity index (χ3n) is 3.42. The van der Waals surface area contributed by atoms with Gasteiger partial charge in [-0.25, -0.2) is 4.79 Å². The lowest BCUT2D eigenvalue weighted by Crippen LogP contribution is -2.37. The Balaban J connectivity index is 1.63. The van der Waals surface area contributed by atoms with E-state index in [1.807, 2.05) is 55.5 Å². The number of ether oxygens (including phenoxy) is 2. The average Bonchev–Trinajstić information content (AvgIpc) is 2.58. The van der Waals surface area contributed by atoms with Crippen LogP contribution in [0.3, 0.4) is 0 Å². The monoisotopic (exact) mass is 314 g/mol. The molecule has 0 atom stereocenters. The molecule has 2 aromatic rings. The molecule has 122 valence electrons. The summed E-state index contributed by atoms with van der Waals surface area (Å²) in [7, 11) is 1.62. The molecule has 0 fully saturated rings. The van der Waals surface area contributed by atoms with E-state index < -0.39 is 0 Å². The van der Waals surface area contributed by atoms with Crippen molar-refractivity contribution in [2.45, 2.75) is 13.5 Å². The normalized spacial score (nSPS) is 10.0. The van der Waals surface area contributed by atoms with Crippen LogP contribution in [0.25, 0.3) is 0 Å². The molecular formula is C18H22N2O3. The maximum Gasteiger partial charge on any atom is 0.315 e. The lowest BCUT2D eigenvalue weighted by molar-refractivity contribution is 0.236. The van der Waals surface area contributed by atoms with Gasteiger partial charge in [0.2, 0.25) is 0 Å². The van der Waals surface area contributed by atoms with Crippen molar-refractivity contribution < 1.29 is 14.3 Å². The van der Waals surface area contributed by atoms with E-state index in [1.54, 1.807) is 7.11 Å². The number of urea groups is 1. The zero-order valence-electron chi connectivity index (χ0n) is 13.5. The topological polar surface area (TPSA) is 59.6 Å². The Morgan fingerprint density at radius 3 is 2.39 bits per heavy atom. The fourth-order valence-electron chi connectivity index (χ4n) is 2.05. The van der Waals surface area contributed by atoms with Gasteiger partial charge in [-0.15, -0.1) is 0 Å². The van der Waals surface area contributed by atoms with Gasteiger partial charge < -0.3 is 20.1 Å². The average molecular weight is 314 g/mol. The second-order valence-electron chi connectivity index (χ2n) is 5.06. The van der Waals surface area contributed by atoms with E-state index in [2.05, 4.69) is 10.6 Å². The van der Waals surface area contributed by atoms with Gasteiger partial charge in [0.15, 0.2) is 0 Å². The summed E-state index contributed by atoms with van der Waals surface area (Å²) in [5.74, 6) is 1.53. The van der Waals surface area contributed by atoms with Crippen LogP contribution in [-0.4, -0.2) is 26.3 Å². The summed E-state index contributed by atoms with van der Waals surface area (Å²) in [5.41, 5.74) is 2.27. The molecule has 2 amide bonds. The van der Waals surface area contributed by atoms with Gasteiger partial charge in [0.05, 0.1) is 13.7 Å². The van der Waals surface area contributed by atoms with Crippen LogP contribution in [0.5, 0.6) is 11.5 Å². The molecule has 0 heterocycles. The van der Waals surface area contributed by atoms with Crippen molar-refractivity contribution in [2.75, 3.05) is 20.3 Å². The molecule has 0 saturated heterocycles. The Morgan fingerprint density at radius 1 is 1.00 bits per heavy atom. The summed E-state index contributed by atoms with van der Waals surface area (Å²) in [6.45, 7) is 3.38. The van der Waals surface area contributed by atoms with Gasteiger partial charge in [-0.1, -0.05) is 24.3 Å². The third-order valence-corrected chi connectivity index (χ3v) is 3.42. The lowest BCUT2D eigenvalue weighted by Gasteiger charge is -2.10. The molecule has 2 aromatic carbocycles. The molecule has 0 radical (unpaired) electrons. The van der Waals surface area contributed by atoms with E-state index in [4.69, 9.17) is 9.47 Å². The number of rotatable bonds is 7. The zero-order chi connectivity index (χ0) is 16.5. The fourth-order valence-corrected chi connectivity index (χ4v) is 2.05. The molecule has 0 aliphatic rings. The molecule has 0 bridgehead atoms. The van der Waals surface area contributed by atoms with E-state index in [0.29, 0.717) is 19.7 Å². The highest BCUT2D eigenvalue weighted by molar-refractivity contribution is 5.73. The molecule has 0 spiro atoms. The van der Waals surface area contributed by atoms with E-state index in [1.165, 1.54) is 0 Å². The van der Waals surface area contributed by atoms with E-state index >= 15 is 0 Å². The van der Waals surface area contributed by atoms with Crippen LogP contribution in [0.4, 0.5) is 4.79 Å². The van der Waals surface area contributed by atoms with Crippen LogP contribution in [-0.2, 0) is 6.54 Å². The van der Waals surface area contributed by atoms with Gasteiger partial charge in [0.1, 0.15) is 18.1 Å². The van der Waals surface area contributed by atoms with Crippen molar-refractivity contribution >= 4 is 6.03 Å².